The second-order valence-corrected chi connectivity index (χ2v) is 2.71. The zero-order chi connectivity index (χ0) is 9.84. The van der Waals surface area contributed by atoms with Crippen LogP contribution in [0.4, 0.5) is 5.69 Å². The van der Waals surface area contributed by atoms with Crippen molar-refractivity contribution in [1.29, 1.82) is 0 Å². The highest BCUT2D eigenvalue weighted by Gasteiger charge is 2.07. The lowest BCUT2D eigenvalue weighted by Crippen LogP contribution is -1.96. The first-order valence-electron chi connectivity index (χ1n) is 3.97. The Labute approximate surface area is 76.5 Å². The Balaban J connectivity index is 3.20. The molecule has 0 aliphatic heterocycles. The van der Waals surface area contributed by atoms with Gasteiger partial charge >= 0.3 is 0 Å². The fourth-order valence-corrected chi connectivity index (χ4v) is 1.15. The van der Waals surface area contributed by atoms with Crippen molar-refractivity contribution in [2.45, 2.75) is 13.2 Å². The zero-order valence-electron chi connectivity index (χ0n) is 7.41. The number of aliphatic hydroxyl groups is 2. The molecule has 0 aliphatic rings. The highest BCUT2D eigenvalue weighted by molar-refractivity contribution is 5.54. The Morgan fingerprint density at radius 3 is 1.92 bits per heavy atom. The molecular formula is C9H13NO3. The quantitative estimate of drug-likeness (QED) is 0.512. The first-order valence-corrected chi connectivity index (χ1v) is 3.97. The molecule has 0 heterocycles. The van der Waals surface area contributed by atoms with Crippen LogP contribution in [0.5, 0.6) is 5.75 Å². The topological polar surface area (TPSA) is 72.7 Å². The number of benzene rings is 1. The molecule has 0 unspecified atom stereocenters. The molecule has 0 radical (unpaired) electrons. The van der Waals surface area contributed by atoms with E-state index >= 15 is 0 Å². The lowest BCUT2D eigenvalue weighted by molar-refractivity contribution is 0.264. The van der Waals surface area contributed by atoms with Gasteiger partial charge in [-0.15, -0.1) is 0 Å². The van der Waals surface area contributed by atoms with Crippen molar-refractivity contribution < 1.29 is 15.3 Å². The van der Waals surface area contributed by atoms with Gasteiger partial charge in [0, 0.05) is 23.9 Å². The van der Waals surface area contributed by atoms with Crippen molar-refractivity contribution in [3.8, 4) is 5.75 Å². The third kappa shape index (κ3) is 1.91. The van der Waals surface area contributed by atoms with E-state index in [1.807, 2.05) is 0 Å². The summed E-state index contributed by atoms with van der Waals surface area (Å²) >= 11 is 0. The van der Waals surface area contributed by atoms with Gasteiger partial charge in [-0.1, -0.05) is 0 Å². The van der Waals surface area contributed by atoms with Crippen LogP contribution in [0.25, 0.3) is 0 Å². The van der Waals surface area contributed by atoms with Gasteiger partial charge < -0.3 is 20.6 Å². The summed E-state index contributed by atoms with van der Waals surface area (Å²) in [6.45, 7) is -0.483. The number of phenols is 1. The summed E-state index contributed by atoms with van der Waals surface area (Å²) in [5, 5.41) is 30.1. The predicted molar refractivity (Wildman–Crippen MR) is 49.5 cm³/mol. The summed E-state index contributed by atoms with van der Waals surface area (Å²) in [6, 6.07) is 3.27. The van der Waals surface area contributed by atoms with E-state index in [2.05, 4.69) is 5.32 Å². The lowest BCUT2D eigenvalue weighted by atomic mass is 10.1. The van der Waals surface area contributed by atoms with Gasteiger partial charge in [-0.25, -0.2) is 0 Å². The molecule has 0 fully saturated rings. The Bertz CT molecular complexity index is 274. The minimum atomic E-state index is -0.242. The van der Waals surface area contributed by atoms with E-state index in [0.717, 1.165) is 5.69 Å². The summed E-state index contributed by atoms with van der Waals surface area (Å²) in [6.07, 6.45) is 0. The van der Waals surface area contributed by atoms with Gasteiger partial charge in [0.25, 0.3) is 0 Å². The maximum Gasteiger partial charge on any atom is 0.126 e. The van der Waals surface area contributed by atoms with Gasteiger partial charge in [-0.05, 0) is 12.1 Å². The zero-order valence-corrected chi connectivity index (χ0v) is 7.41. The fraction of sp³-hybridized carbons (Fsp3) is 0.333. The van der Waals surface area contributed by atoms with E-state index in [9.17, 15) is 5.11 Å². The van der Waals surface area contributed by atoms with E-state index in [4.69, 9.17) is 10.2 Å². The molecule has 0 amide bonds. The van der Waals surface area contributed by atoms with Crippen molar-refractivity contribution in [3.05, 3.63) is 23.3 Å². The van der Waals surface area contributed by atoms with Crippen molar-refractivity contribution in [1.82, 2.24) is 0 Å². The highest BCUT2D eigenvalue weighted by atomic mass is 16.3. The third-order valence-electron chi connectivity index (χ3n) is 1.90. The van der Waals surface area contributed by atoms with Crippen LogP contribution in [0.1, 0.15) is 11.1 Å². The minimum absolute atomic E-state index is 0.0380. The number of nitrogens with one attached hydrogen (secondary N) is 1. The Kier molecular flexibility index (Phi) is 3.11. The number of aromatic hydroxyl groups is 1. The Morgan fingerprint density at radius 1 is 1.15 bits per heavy atom. The normalized spacial score (nSPS) is 10.1. The molecule has 0 saturated carbocycles. The van der Waals surface area contributed by atoms with Crippen LogP contribution in [0.3, 0.4) is 0 Å². The number of rotatable bonds is 3. The van der Waals surface area contributed by atoms with Crippen LogP contribution in [0.2, 0.25) is 0 Å². The van der Waals surface area contributed by atoms with Gasteiger partial charge in [0.2, 0.25) is 0 Å². The molecule has 4 nitrogen and oxygen atoms in total. The average Bonchev–Trinajstić information content (AvgIpc) is 2.18. The molecular weight excluding hydrogens is 170 g/mol. The second-order valence-electron chi connectivity index (χ2n) is 2.71. The molecule has 1 aromatic rings. The first-order chi connectivity index (χ1) is 6.22. The molecule has 0 saturated heterocycles. The van der Waals surface area contributed by atoms with Crippen molar-refractivity contribution in [2.24, 2.45) is 0 Å². The van der Waals surface area contributed by atoms with Crippen LogP contribution >= 0.6 is 0 Å². The van der Waals surface area contributed by atoms with E-state index < -0.39 is 0 Å². The molecule has 13 heavy (non-hydrogen) atoms. The first kappa shape index (κ1) is 9.83. The molecule has 72 valence electrons. The summed E-state index contributed by atoms with van der Waals surface area (Å²) in [5.41, 5.74) is 1.58. The number of anilines is 1. The van der Waals surface area contributed by atoms with E-state index in [1.54, 1.807) is 19.2 Å². The van der Waals surface area contributed by atoms with Gasteiger partial charge in [0.05, 0.1) is 13.2 Å². The monoisotopic (exact) mass is 183 g/mol. The van der Waals surface area contributed by atoms with Crippen LogP contribution in [0.15, 0.2) is 12.1 Å². The molecule has 4 N–H and O–H groups in total. The van der Waals surface area contributed by atoms with Gasteiger partial charge in [-0.3, -0.25) is 0 Å². The molecule has 0 spiro atoms. The number of hydrogen-bond acceptors (Lipinski definition) is 4. The fourth-order valence-electron chi connectivity index (χ4n) is 1.15. The Hall–Kier alpha value is -1.26. The number of aliphatic hydroxyl groups excluding tert-OH is 2. The molecule has 0 aromatic heterocycles. The van der Waals surface area contributed by atoms with Crippen molar-refractivity contribution in [3.63, 3.8) is 0 Å². The summed E-state index contributed by atoms with van der Waals surface area (Å²) < 4.78 is 0. The molecule has 0 atom stereocenters. The van der Waals surface area contributed by atoms with Crippen LogP contribution in [-0.2, 0) is 13.2 Å². The molecule has 1 rings (SSSR count). The third-order valence-corrected chi connectivity index (χ3v) is 1.90. The summed E-state index contributed by atoms with van der Waals surface area (Å²) in [4.78, 5) is 0. The van der Waals surface area contributed by atoms with Crippen LogP contribution < -0.4 is 5.32 Å². The van der Waals surface area contributed by atoms with Gasteiger partial charge in [0.15, 0.2) is 0 Å². The van der Waals surface area contributed by atoms with Crippen molar-refractivity contribution >= 4 is 5.69 Å². The van der Waals surface area contributed by atoms with E-state index in [0.29, 0.717) is 11.1 Å². The van der Waals surface area contributed by atoms with E-state index in [1.165, 1.54) is 0 Å². The minimum Gasteiger partial charge on any atom is -0.507 e. The highest BCUT2D eigenvalue weighted by Crippen LogP contribution is 2.26. The van der Waals surface area contributed by atoms with Gasteiger partial charge in [-0.2, -0.15) is 0 Å². The Morgan fingerprint density at radius 2 is 1.62 bits per heavy atom. The predicted octanol–water partition coefficient (Wildman–Crippen LogP) is 0.418. The summed E-state index contributed by atoms with van der Waals surface area (Å²) in [5.74, 6) is -0.0380. The molecule has 0 bridgehead atoms. The second kappa shape index (κ2) is 4.11. The molecule has 4 heteroatoms. The standard InChI is InChI=1S/C9H13NO3/c1-10-8-2-6(4-11)9(13)7(3-8)5-12/h2-3,10-13H,4-5H2,1H3. The van der Waals surface area contributed by atoms with E-state index in [-0.39, 0.29) is 19.0 Å². The van der Waals surface area contributed by atoms with Crippen LogP contribution in [-0.4, -0.2) is 22.4 Å². The SMILES string of the molecule is CNc1cc(CO)c(O)c(CO)c1. The smallest absolute Gasteiger partial charge is 0.126 e. The lowest BCUT2D eigenvalue weighted by Gasteiger charge is -2.09. The average molecular weight is 183 g/mol. The maximum atomic E-state index is 9.46. The largest absolute Gasteiger partial charge is 0.507 e. The number of hydrogen-bond donors (Lipinski definition) is 4. The van der Waals surface area contributed by atoms with Crippen molar-refractivity contribution in [2.75, 3.05) is 12.4 Å². The molecule has 1 aromatic carbocycles. The molecule has 0 aliphatic carbocycles. The van der Waals surface area contributed by atoms with Crippen LogP contribution in [0, 0.1) is 0 Å². The maximum absolute atomic E-state index is 9.46. The van der Waals surface area contributed by atoms with Gasteiger partial charge in [0.1, 0.15) is 5.75 Å². The summed E-state index contributed by atoms with van der Waals surface area (Å²) in [7, 11) is 1.73.